The van der Waals surface area contributed by atoms with Crippen LogP contribution in [0.2, 0.25) is 0 Å². The summed E-state index contributed by atoms with van der Waals surface area (Å²) in [5, 5.41) is 5.98. The highest BCUT2D eigenvalue weighted by Gasteiger charge is 2.19. The van der Waals surface area contributed by atoms with Crippen molar-refractivity contribution in [1.29, 1.82) is 0 Å². The summed E-state index contributed by atoms with van der Waals surface area (Å²) in [4.78, 5) is 12.5. The van der Waals surface area contributed by atoms with Crippen molar-refractivity contribution >= 4 is 17.3 Å². The van der Waals surface area contributed by atoms with Crippen molar-refractivity contribution in [2.45, 2.75) is 13.0 Å². The first-order valence-electron chi connectivity index (χ1n) is 8.32. The first kappa shape index (κ1) is 18.5. The van der Waals surface area contributed by atoms with E-state index < -0.39 is 6.04 Å². The van der Waals surface area contributed by atoms with E-state index in [1.165, 1.54) is 21.3 Å². The highest BCUT2D eigenvalue weighted by atomic mass is 16.7. The van der Waals surface area contributed by atoms with Crippen molar-refractivity contribution in [3.8, 4) is 28.7 Å². The standard InChI is InChI=1S/C19H22N2O6/c1-11(19(22)21-12-5-6-14-15(7-12)27-10-26-14)20-13-8-16(23-2)18(25-4)17(9-13)24-3/h5-9,11,20H,10H2,1-4H3,(H,21,22)/t11-/m1/s1. The van der Waals surface area contributed by atoms with Crippen molar-refractivity contribution < 1.29 is 28.5 Å². The molecule has 8 heteroatoms. The summed E-state index contributed by atoms with van der Waals surface area (Å²) < 4.78 is 26.5. The van der Waals surface area contributed by atoms with Crippen LogP contribution in [-0.2, 0) is 4.79 Å². The highest BCUT2D eigenvalue weighted by molar-refractivity contribution is 5.96. The van der Waals surface area contributed by atoms with E-state index in [4.69, 9.17) is 23.7 Å². The van der Waals surface area contributed by atoms with Crippen LogP contribution in [0.15, 0.2) is 30.3 Å². The molecule has 0 spiro atoms. The Hall–Kier alpha value is -3.29. The smallest absolute Gasteiger partial charge is 0.246 e. The zero-order valence-corrected chi connectivity index (χ0v) is 15.6. The molecule has 2 aromatic carbocycles. The molecule has 0 unspecified atom stereocenters. The second kappa shape index (κ2) is 7.94. The van der Waals surface area contributed by atoms with E-state index in [1.807, 2.05) is 0 Å². The molecule has 1 aliphatic rings. The van der Waals surface area contributed by atoms with Crippen LogP contribution in [0.4, 0.5) is 11.4 Å². The predicted molar refractivity (Wildman–Crippen MR) is 100 cm³/mol. The number of nitrogens with one attached hydrogen (secondary N) is 2. The van der Waals surface area contributed by atoms with Gasteiger partial charge in [0.2, 0.25) is 18.4 Å². The van der Waals surface area contributed by atoms with Crippen molar-refractivity contribution in [2.75, 3.05) is 38.8 Å². The second-order valence-corrected chi connectivity index (χ2v) is 5.84. The summed E-state index contributed by atoms with van der Waals surface area (Å²) in [6.45, 7) is 1.94. The number of fused-ring (bicyclic) bond motifs is 1. The van der Waals surface area contributed by atoms with Gasteiger partial charge in [0, 0.05) is 29.6 Å². The van der Waals surface area contributed by atoms with Gasteiger partial charge in [0.05, 0.1) is 21.3 Å². The van der Waals surface area contributed by atoms with E-state index in [-0.39, 0.29) is 12.7 Å². The maximum absolute atomic E-state index is 12.5. The van der Waals surface area contributed by atoms with Gasteiger partial charge in [0.1, 0.15) is 6.04 Å². The van der Waals surface area contributed by atoms with Gasteiger partial charge in [-0.2, -0.15) is 0 Å². The molecule has 1 aliphatic heterocycles. The van der Waals surface area contributed by atoms with Gasteiger partial charge in [-0.05, 0) is 19.1 Å². The van der Waals surface area contributed by atoms with Crippen molar-refractivity contribution in [3.63, 3.8) is 0 Å². The highest BCUT2D eigenvalue weighted by Crippen LogP contribution is 2.40. The lowest BCUT2D eigenvalue weighted by molar-refractivity contribution is -0.116. The van der Waals surface area contributed by atoms with E-state index in [0.29, 0.717) is 40.1 Å². The van der Waals surface area contributed by atoms with Crippen LogP contribution >= 0.6 is 0 Å². The maximum Gasteiger partial charge on any atom is 0.246 e. The number of benzene rings is 2. The molecule has 8 nitrogen and oxygen atoms in total. The lowest BCUT2D eigenvalue weighted by Crippen LogP contribution is -2.31. The number of anilines is 2. The molecule has 2 N–H and O–H groups in total. The third-order valence-electron chi connectivity index (χ3n) is 4.08. The quantitative estimate of drug-likeness (QED) is 0.770. The molecule has 3 rings (SSSR count). The molecule has 1 amide bonds. The Bertz CT molecular complexity index is 814. The minimum atomic E-state index is -0.516. The summed E-state index contributed by atoms with van der Waals surface area (Å²) in [5.74, 6) is 2.56. The van der Waals surface area contributed by atoms with Gasteiger partial charge in [-0.1, -0.05) is 0 Å². The van der Waals surface area contributed by atoms with Gasteiger partial charge in [-0.15, -0.1) is 0 Å². The van der Waals surface area contributed by atoms with Gasteiger partial charge in [-0.25, -0.2) is 0 Å². The monoisotopic (exact) mass is 374 g/mol. The third-order valence-corrected chi connectivity index (χ3v) is 4.08. The number of hydrogen-bond acceptors (Lipinski definition) is 7. The predicted octanol–water partition coefficient (Wildman–Crippen LogP) is 2.88. The number of amides is 1. The normalized spacial score (nSPS) is 12.9. The molecule has 0 radical (unpaired) electrons. The molecular formula is C19H22N2O6. The van der Waals surface area contributed by atoms with Crippen LogP contribution < -0.4 is 34.3 Å². The van der Waals surface area contributed by atoms with Gasteiger partial charge in [0.15, 0.2) is 23.0 Å². The molecular weight excluding hydrogens is 352 g/mol. The molecule has 0 aliphatic carbocycles. The topological polar surface area (TPSA) is 87.3 Å². The van der Waals surface area contributed by atoms with Crippen molar-refractivity contribution in [1.82, 2.24) is 0 Å². The molecule has 0 saturated carbocycles. The van der Waals surface area contributed by atoms with Gasteiger partial charge < -0.3 is 34.3 Å². The van der Waals surface area contributed by atoms with Crippen LogP contribution in [0.3, 0.4) is 0 Å². The lowest BCUT2D eigenvalue weighted by Gasteiger charge is -2.18. The molecule has 0 saturated heterocycles. The minimum absolute atomic E-state index is 0.186. The Labute approximate surface area is 157 Å². The van der Waals surface area contributed by atoms with Crippen LogP contribution in [0, 0.1) is 0 Å². The lowest BCUT2D eigenvalue weighted by atomic mass is 10.2. The molecule has 1 atom stereocenters. The molecule has 0 fully saturated rings. The largest absolute Gasteiger partial charge is 0.493 e. The average molecular weight is 374 g/mol. The Morgan fingerprint density at radius 1 is 0.963 bits per heavy atom. The van der Waals surface area contributed by atoms with E-state index in [1.54, 1.807) is 37.3 Å². The fourth-order valence-electron chi connectivity index (χ4n) is 2.70. The molecule has 0 aromatic heterocycles. The number of ether oxygens (including phenoxy) is 5. The SMILES string of the molecule is COc1cc(N[C@H](C)C(=O)Nc2ccc3c(c2)OCO3)cc(OC)c1OC. The third kappa shape index (κ3) is 3.94. The van der Waals surface area contributed by atoms with Gasteiger partial charge in [0.25, 0.3) is 0 Å². The number of carbonyl (C=O) groups is 1. The fraction of sp³-hybridized carbons (Fsp3) is 0.316. The Morgan fingerprint density at radius 3 is 2.26 bits per heavy atom. The minimum Gasteiger partial charge on any atom is -0.493 e. The summed E-state index contributed by atoms with van der Waals surface area (Å²) in [6.07, 6.45) is 0. The first-order valence-corrected chi connectivity index (χ1v) is 8.32. The Kier molecular flexibility index (Phi) is 5.44. The molecule has 27 heavy (non-hydrogen) atoms. The maximum atomic E-state index is 12.5. The van der Waals surface area contributed by atoms with Gasteiger partial charge >= 0.3 is 0 Å². The Balaban J connectivity index is 1.71. The summed E-state index contributed by atoms with van der Waals surface area (Å²) in [6, 6.07) is 8.22. The van der Waals surface area contributed by atoms with Crippen LogP contribution in [-0.4, -0.2) is 40.1 Å². The van der Waals surface area contributed by atoms with E-state index in [9.17, 15) is 4.79 Å². The Morgan fingerprint density at radius 2 is 1.63 bits per heavy atom. The summed E-state index contributed by atoms with van der Waals surface area (Å²) in [7, 11) is 4.61. The zero-order chi connectivity index (χ0) is 19.4. The van der Waals surface area contributed by atoms with Crippen molar-refractivity contribution in [2.24, 2.45) is 0 Å². The molecule has 1 heterocycles. The summed E-state index contributed by atoms with van der Waals surface area (Å²) in [5.41, 5.74) is 1.29. The van der Waals surface area contributed by atoms with E-state index in [2.05, 4.69) is 10.6 Å². The number of hydrogen-bond donors (Lipinski definition) is 2. The van der Waals surface area contributed by atoms with Crippen molar-refractivity contribution in [3.05, 3.63) is 30.3 Å². The number of rotatable bonds is 7. The van der Waals surface area contributed by atoms with E-state index in [0.717, 1.165) is 0 Å². The number of carbonyl (C=O) groups excluding carboxylic acids is 1. The first-order chi connectivity index (χ1) is 13.0. The second-order valence-electron chi connectivity index (χ2n) is 5.84. The van der Waals surface area contributed by atoms with E-state index >= 15 is 0 Å². The van der Waals surface area contributed by atoms with Gasteiger partial charge in [-0.3, -0.25) is 4.79 Å². The van der Waals surface area contributed by atoms with Crippen LogP contribution in [0.1, 0.15) is 6.92 Å². The van der Waals surface area contributed by atoms with Crippen LogP contribution in [0.25, 0.3) is 0 Å². The average Bonchev–Trinajstić information content (AvgIpc) is 3.14. The number of methoxy groups -OCH3 is 3. The van der Waals surface area contributed by atoms with Crippen LogP contribution in [0.5, 0.6) is 28.7 Å². The molecule has 2 aromatic rings. The summed E-state index contributed by atoms with van der Waals surface area (Å²) >= 11 is 0. The molecule has 144 valence electrons. The zero-order valence-electron chi connectivity index (χ0n) is 15.6. The fourth-order valence-corrected chi connectivity index (χ4v) is 2.70. The molecule has 0 bridgehead atoms.